The number of hydrogen-bond donors (Lipinski definition) is 2. The quantitative estimate of drug-likeness (QED) is 0.874. The van der Waals surface area contributed by atoms with Crippen LogP contribution in [0.3, 0.4) is 0 Å². The van der Waals surface area contributed by atoms with Gasteiger partial charge in [0.25, 0.3) is 0 Å². The molecule has 0 saturated carbocycles. The summed E-state index contributed by atoms with van der Waals surface area (Å²) in [5.74, 6) is 1.28. The molecule has 2 N–H and O–H groups in total. The van der Waals surface area contributed by atoms with Crippen molar-refractivity contribution >= 4 is 23.3 Å². The minimum atomic E-state index is -0.352. The summed E-state index contributed by atoms with van der Waals surface area (Å²) < 4.78 is 11.0. The predicted octanol–water partition coefficient (Wildman–Crippen LogP) is 2.69. The van der Waals surface area contributed by atoms with E-state index in [4.69, 9.17) is 9.47 Å². The van der Waals surface area contributed by atoms with Gasteiger partial charge in [0.2, 0.25) is 5.91 Å². The van der Waals surface area contributed by atoms with Crippen molar-refractivity contribution in [3.8, 4) is 11.5 Å². The Morgan fingerprint density at radius 3 is 2.59 bits per heavy atom. The molecule has 2 heterocycles. The highest BCUT2D eigenvalue weighted by Gasteiger charge is 2.31. The Hall–Kier alpha value is -3.22. The van der Waals surface area contributed by atoms with Crippen molar-refractivity contribution in [2.75, 3.05) is 30.0 Å². The topological polar surface area (TPSA) is 79.9 Å². The summed E-state index contributed by atoms with van der Waals surface area (Å²) in [6.45, 7) is 3.47. The number of hydrogen-bond acceptors (Lipinski definition) is 4. The first-order chi connectivity index (χ1) is 13.1. The number of ether oxygens (including phenoxy) is 2. The predicted molar refractivity (Wildman–Crippen MR) is 102 cm³/mol. The van der Waals surface area contributed by atoms with Crippen LogP contribution in [0.2, 0.25) is 0 Å². The van der Waals surface area contributed by atoms with E-state index in [1.807, 2.05) is 31.2 Å². The smallest absolute Gasteiger partial charge is 0.319 e. The molecule has 2 aliphatic rings. The molecule has 0 radical (unpaired) electrons. The molecule has 4 rings (SSSR count). The molecule has 3 amide bonds. The standard InChI is InChI=1S/C20H21N3O4/c1-13-2-5-16(6-3-13)23-12-15(11-19(23)24)22-20(25)21-14-4-7-17-18(10-14)27-9-8-26-17/h2-7,10,15H,8-9,11-12H2,1H3,(H2,21,22,25). The lowest BCUT2D eigenvalue weighted by molar-refractivity contribution is -0.117. The third kappa shape index (κ3) is 3.81. The summed E-state index contributed by atoms with van der Waals surface area (Å²) in [7, 11) is 0. The average Bonchev–Trinajstić information content (AvgIpc) is 3.02. The second-order valence-electron chi connectivity index (χ2n) is 6.70. The van der Waals surface area contributed by atoms with Crippen molar-refractivity contribution in [1.82, 2.24) is 5.32 Å². The molecule has 7 nitrogen and oxygen atoms in total. The maximum absolute atomic E-state index is 12.3. The SMILES string of the molecule is Cc1ccc(N2CC(NC(=O)Nc3ccc4c(c3)OCCO4)CC2=O)cc1. The van der Waals surface area contributed by atoms with Crippen molar-refractivity contribution in [3.05, 3.63) is 48.0 Å². The van der Waals surface area contributed by atoms with E-state index in [-0.39, 0.29) is 24.4 Å². The van der Waals surface area contributed by atoms with E-state index in [0.717, 1.165) is 11.3 Å². The Morgan fingerprint density at radius 1 is 1.07 bits per heavy atom. The minimum absolute atomic E-state index is 0.00322. The van der Waals surface area contributed by atoms with Gasteiger partial charge in [-0.2, -0.15) is 0 Å². The largest absolute Gasteiger partial charge is 0.486 e. The van der Waals surface area contributed by atoms with Gasteiger partial charge in [-0.05, 0) is 31.2 Å². The second-order valence-corrected chi connectivity index (χ2v) is 6.70. The molecule has 2 aromatic rings. The van der Waals surface area contributed by atoms with E-state index in [1.165, 1.54) is 0 Å². The fourth-order valence-electron chi connectivity index (χ4n) is 3.25. The van der Waals surface area contributed by atoms with Gasteiger partial charge in [0.15, 0.2) is 11.5 Å². The van der Waals surface area contributed by atoms with Gasteiger partial charge in [0.05, 0.1) is 6.04 Å². The van der Waals surface area contributed by atoms with Gasteiger partial charge in [-0.25, -0.2) is 4.79 Å². The highest BCUT2D eigenvalue weighted by atomic mass is 16.6. The molecule has 0 spiro atoms. The molecule has 1 fully saturated rings. The summed E-state index contributed by atoms with van der Waals surface area (Å²) >= 11 is 0. The van der Waals surface area contributed by atoms with Crippen LogP contribution < -0.4 is 25.0 Å². The first-order valence-corrected chi connectivity index (χ1v) is 8.93. The molecule has 2 aromatic carbocycles. The van der Waals surface area contributed by atoms with E-state index in [2.05, 4.69) is 10.6 Å². The minimum Gasteiger partial charge on any atom is -0.486 e. The number of rotatable bonds is 3. The van der Waals surface area contributed by atoms with E-state index < -0.39 is 0 Å². The van der Waals surface area contributed by atoms with Crippen molar-refractivity contribution in [2.45, 2.75) is 19.4 Å². The van der Waals surface area contributed by atoms with Crippen LogP contribution in [0.1, 0.15) is 12.0 Å². The first-order valence-electron chi connectivity index (χ1n) is 8.93. The summed E-state index contributed by atoms with van der Waals surface area (Å²) in [6.07, 6.45) is 0.280. The summed E-state index contributed by atoms with van der Waals surface area (Å²) in [5.41, 5.74) is 2.59. The molecule has 7 heteroatoms. The lowest BCUT2D eigenvalue weighted by Gasteiger charge is -2.19. The van der Waals surface area contributed by atoms with Crippen LogP contribution in [0.25, 0.3) is 0 Å². The normalized spacial score (nSPS) is 18.3. The van der Waals surface area contributed by atoms with Crippen LogP contribution in [0.5, 0.6) is 11.5 Å². The Kier molecular flexibility index (Phi) is 4.58. The molecule has 140 valence electrons. The molecular formula is C20H21N3O4. The van der Waals surface area contributed by atoms with Crippen LogP contribution in [0, 0.1) is 6.92 Å². The average molecular weight is 367 g/mol. The van der Waals surface area contributed by atoms with Crippen LogP contribution in [0.15, 0.2) is 42.5 Å². The van der Waals surface area contributed by atoms with Gasteiger partial charge >= 0.3 is 6.03 Å². The molecule has 27 heavy (non-hydrogen) atoms. The highest BCUT2D eigenvalue weighted by molar-refractivity contribution is 5.97. The number of anilines is 2. The van der Waals surface area contributed by atoms with Crippen LogP contribution in [-0.4, -0.2) is 37.7 Å². The summed E-state index contributed by atoms with van der Waals surface area (Å²) in [4.78, 5) is 26.3. The molecule has 2 aliphatic heterocycles. The Balaban J connectivity index is 1.36. The lowest BCUT2D eigenvalue weighted by atomic mass is 10.2. The third-order valence-corrected chi connectivity index (χ3v) is 4.61. The van der Waals surface area contributed by atoms with Crippen molar-refractivity contribution < 1.29 is 19.1 Å². The van der Waals surface area contributed by atoms with E-state index in [0.29, 0.717) is 36.9 Å². The van der Waals surface area contributed by atoms with Gasteiger partial charge < -0.3 is 25.0 Å². The lowest BCUT2D eigenvalue weighted by Crippen LogP contribution is -2.39. The fraction of sp³-hybridized carbons (Fsp3) is 0.300. The maximum atomic E-state index is 12.3. The number of nitrogens with zero attached hydrogens (tertiary/aromatic N) is 1. The van der Waals surface area contributed by atoms with Crippen LogP contribution in [0.4, 0.5) is 16.2 Å². The number of urea groups is 1. The van der Waals surface area contributed by atoms with Gasteiger partial charge in [-0.1, -0.05) is 17.7 Å². The van der Waals surface area contributed by atoms with Crippen molar-refractivity contribution in [3.63, 3.8) is 0 Å². The number of aryl methyl sites for hydroxylation is 1. The summed E-state index contributed by atoms with van der Waals surface area (Å²) in [6, 6.07) is 12.4. The molecule has 1 unspecified atom stereocenters. The number of carbonyl (C=O) groups is 2. The second kappa shape index (κ2) is 7.19. The zero-order valence-corrected chi connectivity index (χ0v) is 15.0. The number of amides is 3. The van der Waals surface area contributed by atoms with Crippen LogP contribution in [-0.2, 0) is 4.79 Å². The van der Waals surface area contributed by atoms with Gasteiger partial charge in [-0.15, -0.1) is 0 Å². The van der Waals surface area contributed by atoms with Crippen molar-refractivity contribution in [1.29, 1.82) is 0 Å². The maximum Gasteiger partial charge on any atom is 0.319 e. The molecule has 0 bridgehead atoms. The van der Waals surface area contributed by atoms with E-state index in [9.17, 15) is 9.59 Å². The Labute approximate surface area is 157 Å². The highest BCUT2D eigenvalue weighted by Crippen LogP contribution is 2.32. The fourth-order valence-corrected chi connectivity index (χ4v) is 3.25. The zero-order valence-electron chi connectivity index (χ0n) is 15.0. The summed E-state index contributed by atoms with van der Waals surface area (Å²) in [5, 5.41) is 5.64. The Morgan fingerprint density at radius 2 is 1.81 bits per heavy atom. The van der Waals surface area contributed by atoms with E-state index in [1.54, 1.807) is 23.1 Å². The number of fused-ring (bicyclic) bond motifs is 1. The van der Waals surface area contributed by atoms with Crippen LogP contribution >= 0.6 is 0 Å². The first kappa shape index (κ1) is 17.2. The molecular weight excluding hydrogens is 346 g/mol. The van der Waals surface area contributed by atoms with Gasteiger partial charge in [0.1, 0.15) is 13.2 Å². The van der Waals surface area contributed by atoms with Gasteiger partial charge in [-0.3, -0.25) is 4.79 Å². The molecule has 0 aromatic heterocycles. The van der Waals surface area contributed by atoms with Crippen molar-refractivity contribution in [2.24, 2.45) is 0 Å². The third-order valence-electron chi connectivity index (χ3n) is 4.61. The molecule has 1 atom stereocenters. The zero-order chi connectivity index (χ0) is 18.8. The monoisotopic (exact) mass is 367 g/mol. The molecule has 0 aliphatic carbocycles. The van der Waals surface area contributed by atoms with E-state index >= 15 is 0 Å². The molecule has 1 saturated heterocycles. The number of carbonyl (C=O) groups excluding carboxylic acids is 2. The van der Waals surface area contributed by atoms with Gasteiger partial charge in [0, 0.05) is 30.4 Å². The number of benzene rings is 2. The Bertz CT molecular complexity index is 866. The number of nitrogens with one attached hydrogen (secondary N) is 2.